The molecule has 1 heterocycles. The molecule has 0 spiro atoms. The van der Waals surface area contributed by atoms with Crippen LogP contribution in [0.1, 0.15) is 55.1 Å². The molecule has 0 bridgehead atoms. The minimum absolute atomic E-state index is 0.0876. The average molecular weight is 362 g/mol. The Morgan fingerprint density at radius 1 is 1.20 bits per heavy atom. The Balaban J connectivity index is 2.47. The van der Waals surface area contributed by atoms with Gasteiger partial charge in [-0.15, -0.1) is 11.3 Å². The summed E-state index contributed by atoms with van der Waals surface area (Å²) in [5.74, 6) is 0.0876. The monoisotopic (exact) mass is 361 g/mol. The van der Waals surface area contributed by atoms with Gasteiger partial charge >= 0.3 is 0 Å². The SMILES string of the molecule is CCCCCCCN(CCCO)C(=O)c1ccc(Br)s1. The van der Waals surface area contributed by atoms with Crippen LogP contribution in [0.15, 0.2) is 15.9 Å². The van der Waals surface area contributed by atoms with Crippen molar-refractivity contribution in [3.05, 3.63) is 20.8 Å². The number of aliphatic hydroxyl groups is 1. The van der Waals surface area contributed by atoms with Crippen molar-refractivity contribution in [3.63, 3.8) is 0 Å². The molecule has 0 aliphatic heterocycles. The second kappa shape index (κ2) is 10.4. The lowest BCUT2D eigenvalue weighted by molar-refractivity contribution is 0.0746. The summed E-state index contributed by atoms with van der Waals surface area (Å²) in [5, 5.41) is 8.97. The Bertz CT molecular complexity index is 395. The van der Waals surface area contributed by atoms with Crippen molar-refractivity contribution < 1.29 is 9.90 Å². The van der Waals surface area contributed by atoms with Crippen LogP contribution in [0, 0.1) is 0 Å². The van der Waals surface area contributed by atoms with E-state index in [-0.39, 0.29) is 12.5 Å². The van der Waals surface area contributed by atoms with Crippen LogP contribution >= 0.6 is 27.3 Å². The maximum absolute atomic E-state index is 12.4. The standard InChI is InChI=1S/C15H24BrNO2S/c1-2-3-4-5-6-10-17(11-7-12-18)15(19)13-8-9-14(16)20-13/h8-9,18H,2-7,10-12H2,1H3. The van der Waals surface area contributed by atoms with E-state index in [9.17, 15) is 4.79 Å². The van der Waals surface area contributed by atoms with Gasteiger partial charge in [-0.3, -0.25) is 4.79 Å². The van der Waals surface area contributed by atoms with Crippen LogP contribution in [-0.2, 0) is 0 Å². The summed E-state index contributed by atoms with van der Waals surface area (Å²) in [6.07, 6.45) is 6.60. The normalized spacial score (nSPS) is 10.8. The van der Waals surface area contributed by atoms with Crippen LogP contribution in [0.5, 0.6) is 0 Å². The lowest BCUT2D eigenvalue weighted by Gasteiger charge is -2.21. The van der Waals surface area contributed by atoms with E-state index in [1.54, 1.807) is 0 Å². The first-order valence-electron chi connectivity index (χ1n) is 7.34. The fraction of sp³-hybridized carbons (Fsp3) is 0.667. The highest BCUT2D eigenvalue weighted by atomic mass is 79.9. The largest absolute Gasteiger partial charge is 0.396 e. The van der Waals surface area contributed by atoms with E-state index in [0.717, 1.165) is 21.6 Å². The van der Waals surface area contributed by atoms with E-state index in [2.05, 4.69) is 22.9 Å². The van der Waals surface area contributed by atoms with Crippen LogP contribution in [0.2, 0.25) is 0 Å². The molecule has 0 aliphatic rings. The van der Waals surface area contributed by atoms with E-state index in [1.807, 2.05) is 17.0 Å². The van der Waals surface area contributed by atoms with E-state index in [4.69, 9.17) is 5.11 Å². The predicted octanol–water partition coefficient (Wildman–Crippen LogP) is 4.31. The minimum Gasteiger partial charge on any atom is -0.396 e. The number of rotatable bonds is 10. The Morgan fingerprint density at radius 3 is 2.50 bits per heavy atom. The molecule has 0 aromatic carbocycles. The summed E-state index contributed by atoms with van der Waals surface area (Å²) in [5.41, 5.74) is 0. The lowest BCUT2D eigenvalue weighted by atomic mass is 10.1. The van der Waals surface area contributed by atoms with E-state index < -0.39 is 0 Å². The zero-order valence-corrected chi connectivity index (χ0v) is 14.5. The summed E-state index contributed by atoms with van der Waals surface area (Å²) >= 11 is 4.86. The van der Waals surface area contributed by atoms with Crippen LogP contribution in [0.25, 0.3) is 0 Å². The Labute approximate surface area is 134 Å². The van der Waals surface area contributed by atoms with Crippen molar-refractivity contribution in [2.45, 2.75) is 45.4 Å². The number of amides is 1. The highest BCUT2D eigenvalue weighted by molar-refractivity contribution is 9.11. The van der Waals surface area contributed by atoms with Gasteiger partial charge in [0.05, 0.1) is 8.66 Å². The van der Waals surface area contributed by atoms with Crippen molar-refractivity contribution in [3.8, 4) is 0 Å². The van der Waals surface area contributed by atoms with Crippen molar-refractivity contribution in [1.29, 1.82) is 0 Å². The van der Waals surface area contributed by atoms with Crippen molar-refractivity contribution >= 4 is 33.2 Å². The number of hydrogen-bond donors (Lipinski definition) is 1. The second-order valence-electron chi connectivity index (χ2n) is 4.89. The van der Waals surface area contributed by atoms with Gasteiger partial charge < -0.3 is 10.0 Å². The summed E-state index contributed by atoms with van der Waals surface area (Å²) < 4.78 is 0.978. The molecule has 0 atom stereocenters. The smallest absolute Gasteiger partial charge is 0.263 e. The zero-order valence-electron chi connectivity index (χ0n) is 12.1. The average Bonchev–Trinajstić information content (AvgIpc) is 2.88. The summed E-state index contributed by atoms with van der Waals surface area (Å²) in [7, 11) is 0. The third-order valence-corrected chi connectivity index (χ3v) is 4.80. The van der Waals surface area contributed by atoms with Gasteiger partial charge in [-0.1, -0.05) is 32.6 Å². The van der Waals surface area contributed by atoms with Gasteiger partial charge in [0.15, 0.2) is 0 Å². The molecule has 0 aliphatic carbocycles. The van der Waals surface area contributed by atoms with E-state index >= 15 is 0 Å². The maximum Gasteiger partial charge on any atom is 0.263 e. The van der Waals surface area contributed by atoms with E-state index in [1.165, 1.54) is 37.0 Å². The van der Waals surface area contributed by atoms with Gasteiger partial charge in [0.2, 0.25) is 0 Å². The van der Waals surface area contributed by atoms with Gasteiger partial charge in [0, 0.05) is 19.7 Å². The number of aliphatic hydroxyl groups excluding tert-OH is 1. The highest BCUT2D eigenvalue weighted by Crippen LogP contribution is 2.23. The van der Waals surface area contributed by atoms with Gasteiger partial charge in [-0.05, 0) is 40.9 Å². The number of thiophene rings is 1. The van der Waals surface area contributed by atoms with Crippen LogP contribution < -0.4 is 0 Å². The summed E-state index contributed by atoms with van der Waals surface area (Å²) in [6, 6.07) is 3.77. The van der Waals surface area contributed by atoms with Gasteiger partial charge in [-0.2, -0.15) is 0 Å². The number of unbranched alkanes of at least 4 members (excludes halogenated alkanes) is 4. The number of carbonyl (C=O) groups excluding carboxylic acids is 1. The first-order valence-corrected chi connectivity index (χ1v) is 8.95. The third-order valence-electron chi connectivity index (χ3n) is 3.19. The molecular weight excluding hydrogens is 338 g/mol. The molecule has 3 nitrogen and oxygen atoms in total. The zero-order chi connectivity index (χ0) is 14.8. The molecule has 0 saturated carbocycles. The van der Waals surface area contributed by atoms with Crippen molar-refractivity contribution in [2.75, 3.05) is 19.7 Å². The van der Waals surface area contributed by atoms with Crippen LogP contribution in [-0.4, -0.2) is 35.6 Å². The topological polar surface area (TPSA) is 40.5 Å². The van der Waals surface area contributed by atoms with E-state index in [0.29, 0.717) is 13.0 Å². The molecule has 0 unspecified atom stereocenters. The molecule has 1 aromatic heterocycles. The quantitative estimate of drug-likeness (QED) is 0.630. The third kappa shape index (κ3) is 6.37. The molecule has 0 saturated heterocycles. The first-order chi connectivity index (χ1) is 9.69. The minimum atomic E-state index is 0.0876. The summed E-state index contributed by atoms with van der Waals surface area (Å²) in [6.45, 7) is 3.76. The Hall–Kier alpha value is -0.390. The molecule has 1 aromatic rings. The Kier molecular flexibility index (Phi) is 9.14. The molecule has 0 radical (unpaired) electrons. The molecule has 1 amide bonds. The fourth-order valence-electron chi connectivity index (χ4n) is 2.07. The lowest BCUT2D eigenvalue weighted by Crippen LogP contribution is -2.32. The molecule has 0 fully saturated rings. The predicted molar refractivity (Wildman–Crippen MR) is 88.4 cm³/mol. The highest BCUT2D eigenvalue weighted by Gasteiger charge is 2.16. The first kappa shape index (κ1) is 17.7. The summed E-state index contributed by atoms with van der Waals surface area (Å²) in [4.78, 5) is 15.1. The number of carbonyl (C=O) groups is 1. The molecule has 20 heavy (non-hydrogen) atoms. The van der Waals surface area contributed by atoms with Crippen molar-refractivity contribution in [2.24, 2.45) is 0 Å². The molecule has 1 rings (SSSR count). The van der Waals surface area contributed by atoms with Crippen molar-refractivity contribution in [1.82, 2.24) is 4.90 Å². The van der Waals surface area contributed by atoms with Crippen LogP contribution in [0.3, 0.4) is 0 Å². The van der Waals surface area contributed by atoms with Gasteiger partial charge in [0.1, 0.15) is 0 Å². The number of hydrogen-bond acceptors (Lipinski definition) is 3. The fourth-order valence-corrected chi connectivity index (χ4v) is 3.42. The van der Waals surface area contributed by atoms with Crippen LogP contribution in [0.4, 0.5) is 0 Å². The molecule has 1 N–H and O–H groups in total. The molecule has 5 heteroatoms. The molecular formula is C15H24BrNO2S. The maximum atomic E-state index is 12.4. The van der Waals surface area contributed by atoms with Gasteiger partial charge in [-0.25, -0.2) is 0 Å². The van der Waals surface area contributed by atoms with Gasteiger partial charge in [0.25, 0.3) is 5.91 Å². The number of halogens is 1. The molecule has 114 valence electrons. The second-order valence-corrected chi connectivity index (χ2v) is 7.35. The Morgan fingerprint density at radius 2 is 1.90 bits per heavy atom. The number of nitrogens with zero attached hydrogens (tertiary/aromatic N) is 1.